The Bertz CT molecular complexity index is 846. The number of carbonyl (C=O) groups excluding carboxylic acids is 2. The fourth-order valence-corrected chi connectivity index (χ4v) is 2.80. The van der Waals surface area contributed by atoms with Crippen LogP contribution >= 0.6 is 11.6 Å². The van der Waals surface area contributed by atoms with E-state index in [1.807, 2.05) is 6.07 Å². The van der Waals surface area contributed by atoms with Crippen molar-refractivity contribution in [3.05, 3.63) is 75.1 Å². The van der Waals surface area contributed by atoms with Gasteiger partial charge in [0.05, 0.1) is 5.69 Å². The van der Waals surface area contributed by atoms with E-state index in [9.17, 15) is 9.59 Å². The summed E-state index contributed by atoms with van der Waals surface area (Å²) in [6, 6.07) is 13.5. The van der Waals surface area contributed by atoms with Crippen LogP contribution in [0, 0.1) is 0 Å². The van der Waals surface area contributed by atoms with E-state index in [-0.39, 0.29) is 12.0 Å². The van der Waals surface area contributed by atoms with Crippen LogP contribution in [0.5, 0.6) is 0 Å². The first-order valence-electron chi connectivity index (χ1n) is 6.83. The van der Waals surface area contributed by atoms with E-state index in [0.29, 0.717) is 10.7 Å². The summed E-state index contributed by atoms with van der Waals surface area (Å²) in [5.74, 6) is -1.19. The SMILES string of the molecule is [N-]=[N+]=NC1(Cc2ccccc2)C(=O)Nc2cc(Cl)ccc2C1=O. The van der Waals surface area contributed by atoms with Crippen molar-refractivity contribution in [1.82, 2.24) is 0 Å². The summed E-state index contributed by atoms with van der Waals surface area (Å²) < 4.78 is 0. The second-order valence-corrected chi connectivity index (χ2v) is 5.62. The molecule has 7 heteroatoms. The van der Waals surface area contributed by atoms with Gasteiger partial charge in [-0.05, 0) is 29.3 Å². The summed E-state index contributed by atoms with van der Waals surface area (Å²) in [4.78, 5) is 28.2. The van der Waals surface area contributed by atoms with Crippen molar-refractivity contribution in [3.8, 4) is 0 Å². The molecule has 0 saturated heterocycles. The lowest BCUT2D eigenvalue weighted by Crippen LogP contribution is -2.53. The number of hydrogen-bond donors (Lipinski definition) is 1. The van der Waals surface area contributed by atoms with Gasteiger partial charge in [0, 0.05) is 21.9 Å². The van der Waals surface area contributed by atoms with Gasteiger partial charge >= 0.3 is 0 Å². The van der Waals surface area contributed by atoms with Crippen LogP contribution in [-0.2, 0) is 11.2 Å². The minimum Gasteiger partial charge on any atom is -0.324 e. The summed E-state index contributed by atoms with van der Waals surface area (Å²) in [7, 11) is 0. The Balaban J connectivity index is 2.13. The van der Waals surface area contributed by atoms with Gasteiger partial charge in [0.15, 0.2) is 11.3 Å². The molecule has 0 saturated carbocycles. The van der Waals surface area contributed by atoms with Crippen molar-refractivity contribution >= 4 is 29.0 Å². The molecule has 0 aromatic heterocycles. The number of azide groups is 1. The minimum absolute atomic E-state index is 0.00929. The highest BCUT2D eigenvalue weighted by Gasteiger charge is 2.49. The van der Waals surface area contributed by atoms with E-state index in [4.69, 9.17) is 17.1 Å². The number of benzene rings is 2. The molecule has 0 bridgehead atoms. The van der Waals surface area contributed by atoms with Crippen molar-refractivity contribution in [3.63, 3.8) is 0 Å². The van der Waals surface area contributed by atoms with Crippen LogP contribution in [0.15, 0.2) is 53.6 Å². The highest BCUT2D eigenvalue weighted by molar-refractivity contribution is 6.32. The van der Waals surface area contributed by atoms with Gasteiger partial charge in [-0.1, -0.05) is 47.0 Å². The minimum atomic E-state index is -1.84. The van der Waals surface area contributed by atoms with Gasteiger partial charge in [-0.25, -0.2) is 0 Å². The highest BCUT2D eigenvalue weighted by Crippen LogP contribution is 2.34. The first-order valence-corrected chi connectivity index (χ1v) is 7.20. The monoisotopic (exact) mass is 326 g/mol. The summed E-state index contributed by atoms with van der Waals surface area (Å²) in [5.41, 5.74) is 8.38. The molecule has 1 N–H and O–H groups in total. The number of anilines is 1. The second kappa shape index (κ2) is 5.76. The zero-order chi connectivity index (χ0) is 16.4. The van der Waals surface area contributed by atoms with E-state index < -0.39 is 17.2 Å². The quantitative estimate of drug-likeness (QED) is 0.402. The predicted octanol–water partition coefficient (Wildman–Crippen LogP) is 3.77. The number of fused-ring (bicyclic) bond motifs is 1. The molecule has 23 heavy (non-hydrogen) atoms. The fraction of sp³-hybridized carbons (Fsp3) is 0.125. The largest absolute Gasteiger partial charge is 0.324 e. The first-order chi connectivity index (χ1) is 11.1. The average molecular weight is 327 g/mol. The van der Waals surface area contributed by atoms with Gasteiger partial charge in [-0.15, -0.1) is 0 Å². The molecule has 0 radical (unpaired) electrons. The van der Waals surface area contributed by atoms with Gasteiger partial charge < -0.3 is 5.32 Å². The predicted molar refractivity (Wildman–Crippen MR) is 86.4 cm³/mol. The van der Waals surface area contributed by atoms with Crippen LogP contribution in [0.1, 0.15) is 15.9 Å². The number of rotatable bonds is 3. The summed E-state index contributed by atoms with van der Waals surface area (Å²) >= 11 is 5.89. The Morgan fingerprint density at radius 1 is 1.17 bits per heavy atom. The maximum Gasteiger partial charge on any atom is 0.244 e. The van der Waals surface area contributed by atoms with Crippen LogP contribution in [0.4, 0.5) is 5.69 Å². The van der Waals surface area contributed by atoms with Crippen LogP contribution < -0.4 is 5.32 Å². The molecule has 1 heterocycles. The maximum absolute atomic E-state index is 12.9. The number of carbonyl (C=O) groups is 2. The van der Waals surface area contributed by atoms with E-state index >= 15 is 0 Å². The topological polar surface area (TPSA) is 94.9 Å². The Morgan fingerprint density at radius 3 is 2.61 bits per heavy atom. The molecule has 2 aromatic rings. The lowest BCUT2D eigenvalue weighted by atomic mass is 9.80. The number of nitrogens with one attached hydrogen (secondary N) is 1. The van der Waals surface area contributed by atoms with Crippen molar-refractivity contribution in [1.29, 1.82) is 0 Å². The van der Waals surface area contributed by atoms with Crippen molar-refractivity contribution in [2.24, 2.45) is 5.11 Å². The Labute approximate surface area is 136 Å². The Kier molecular flexibility index (Phi) is 3.78. The third-order valence-electron chi connectivity index (χ3n) is 3.74. The van der Waals surface area contributed by atoms with Crippen LogP contribution in [0.25, 0.3) is 10.4 Å². The summed E-state index contributed by atoms with van der Waals surface area (Å²) in [6.07, 6.45) is -0.00929. The molecule has 1 atom stereocenters. The molecule has 114 valence electrons. The van der Waals surface area contributed by atoms with Crippen molar-refractivity contribution < 1.29 is 9.59 Å². The Hall–Kier alpha value is -2.82. The molecule has 1 aliphatic heterocycles. The zero-order valence-electron chi connectivity index (χ0n) is 11.9. The number of halogens is 1. The van der Waals surface area contributed by atoms with E-state index in [1.54, 1.807) is 30.3 Å². The van der Waals surface area contributed by atoms with Gasteiger partial charge in [0.2, 0.25) is 5.91 Å². The third kappa shape index (κ3) is 2.54. The molecular formula is C16H11ClN4O2. The van der Waals surface area contributed by atoms with Gasteiger partial charge in [0.25, 0.3) is 0 Å². The second-order valence-electron chi connectivity index (χ2n) is 5.19. The molecular weight excluding hydrogens is 316 g/mol. The molecule has 0 spiro atoms. The summed E-state index contributed by atoms with van der Waals surface area (Å²) in [6.45, 7) is 0. The third-order valence-corrected chi connectivity index (χ3v) is 3.98. The maximum atomic E-state index is 12.9. The number of hydrogen-bond acceptors (Lipinski definition) is 3. The Morgan fingerprint density at radius 2 is 1.91 bits per heavy atom. The van der Waals surface area contributed by atoms with E-state index in [1.165, 1.54) is 12.1 Å². The number of amides is 1. The first kappa shape index (κ1) is 15.1. The smallest absolute Gasteiger partial charge is 0.244 e. The number of nitrogens with zero attached hydrogens (tertiary/aromatic N) is 3. The molecule has 1 amide bonds. The van der Waals surface area contributed by atoms with Crippen LogP contribution in [-0.4, -0.2) is 17.2 Å². The van der Waals surface area contributed by atoms with E-state index in [2.05, 4.69) is 15.3 Å². The highest BCUT2D eigenvalue weighted by atomic mass is 35.5. The lowest BCUT2D eigenvalue weighted by Gasteiger charge is -2.31. The average Bonchev–Trinajstić information content (AvgIpc) is 2.54. The van der Waals surface area contributed by atoms with Gasteiger partial charge in [0.1, 0.15) is 0 Å². The molecule has 1 aliphatic rings. The standard InChI is InChI=1S/C16H11ClN4O2/c17-11-6-7-12-13(8-11)19-15(23)16(14(12)22,20-21-18)9-10-4-2-1-3-5-10/h1-8H,9H2,(H,19,23). The molecule has 1 unspecified atom stereocenters. The normalized spacial score (nSPS) is 19.5. The molecule has 2 aromatic carbocycles. The number of ketones is 1. The van der Waals surface area contributed by atoms with E-state index in [0.717, 1.165) is 5.56 Å². The molecule has 3 rings (SSSR count). The van der Waals surface area contributed by atoms with Crippen LogP contribution in [0.2, 0.25) is 5.02 Å². The van der Waals surface area contributed by atoms with Crippen LogP contribution in [0.3, 0.4) is 0 Å². The molecule has 0 aliphatic carbocycles. The molecule has 0 fully saturated rings. The van der Waals surface area contributed by atoms with Gasteiger partial charge in [-0.3, -0.25) is 9.59 Å². The summed E-state index contributed by atoms with van der Waals surface area (Å²) in [5, 5.41) is 6.60. The van der Waals surface area contributed by atoms with Gasteiger partial charge in [-0.2, -0.15) is 0 Å². The van der Waals surface area contributed by atoms with Crippen molar-refractivity contribution in [2.45, 2.75) is 12.0 Å². The fourth-order valence-electron chi connectivity index (χ4n) is 2.62. The molecule has 6 nitrogen and oxygen atoms in total. The zero-order valence-corrected chi connectivity index (χ0v) is 12.6. The lowest BCUT2D eigenvalue weighted by molar-refractivity contribution is -0.119. The van der Waals surface area contributed by atoms with Crippen molar-refractivity contribution in [2.75, 3.05) is 5.32 Å². The number of Topliss-reactive ketones (excluding diaryl/α,β-unsaturated/α-hetero) is 1.